The molecule has 7 aromatic rings. The van der Waals surface area contributed by atoms with Crippen LogP contribution in [0.25, 0.3) is 67.7 Å². The number of hydrogen-bond acceptors (Lipinski definition) is 5. The third kappa shape index (κ3) is 4.83. The van der Waals surface area contributed by atoms with Crippen LogP contribution in [0.2, 0.25) is 0 Å². The first kappa shape index (κ1) is 24.4. The molecule has 0 fully saturated rings. The van der Waals surface area contributed by atoms with Crippen molar-refractivity contribution in [1.29, 1.82) is 0 Å². The molecule has 5 nitrogen and oxygen atoms in total. The Morgan fingerprint density at radius 1 is 0.390 bits per heavy atom. The molecule has 0 saturated heterocycles. The van der Waals surface area contributed by atoms with E-state index in [9.17, 15) is 0 Å². The minimum atomic E-state index is -0.443. The maximum absolute atomic E-state index is 15.5. The Morgan fingerprint density at radius 3 is 1.54 bits per heavy atom. The van der Waals surface area contributed by atoms with E-state index in [-0.39, 0.29) is 11.4 Å². The van der Waals surface area contributed by atoms with Gasteiger partial charge in [-0.3, -0.25) is 0 Å². The number of fused-ring (bicyclic) bond motifs is 1. The molecule has 0 aliphatic carbocycles. The van der Waals surface area contributed by atoms with Gasteiger partial charge in [-0.05, 0) is 24.3 Å². The van der Waals surface area contributed by atoms with Gasteiger partial charge in [-0.2, -0.15) is 0 Å². The van der Waals surface area contributed by atoms with E-state index >= 15 is 4.39 Å². The van der Waals surface area contributed by atoms with Gasteiger partial charge in [-0.25, -0.2) is 29.3 Å². The molecule has 0 saturated carbocycles. The zero-order valence-corrected chi connectivity index (χ0v) is 21.8. The van der Waals surface area contributed by atoms with Gasteiger partial charge in [0.25, 0.3) is 0 Å². The normalized spacial score (nSPS) is 11.0. The number of rotatable bonds is 5. The van der Waals surface area contributed by atoms with Gasteiger partial charge in [0, 0.05) is 27.6 Å². The predicted molar refractivity (Wildman–Crippen MR) is 160 cm³/mol. The maximum Gasteiger partial charge on any atom is 0.167 e. The van der Waals surface area contributed by atoms with Crippen LogP contribution in [0.1, 0.15) is 0 Å². The summed E-state index contributed by atoms with van der Waals surface area (Å²) in [4.78, 5) is 23.9. The van der Waals surface area contributed by atoms with Crippen LogP contribution in [0.3, 0.4) is 0 Å². The van der Waals surface area contributed by atoms with E-state index in [1.807, 2.05) is 115 Å². The highest BCUT2D eigenvalue weighted by Crippen LogP contribution is 2.32. The topological polar surface area (TPSA) is 64.5 Å². The van der Waals surface area contributed by atoms with Crippen molar-refractivity contribution in [3.63, 3.8) is 0 Å². The molecular weight excluding hydrogens is 509 g/mol. The summed E-state index contributed by atoms with van der Waals surface area (Å²) in [7, 11) is 0. The number of aromatic nitrogens is 5. The Bertz CT molecular complexity index is 1940. The van der Waals surface area contributed by atoms with Crippen LogP contribution in [0.5, 0.6) is 0 Å². The van der Waals surface area contributed by atoms with Gasteiger partial charge in [0.15, 0.2) is 23.3 Å². The monoisotopic (exact) mass is 531 g/mol. The first-order valence-electron chi connectivity index (χ1n) is 13.2. The smallest absolute Gasteiger partial charge is 0.167 e. The van der Waals surface area contributed by atoms with Gasteiger partial charge >= 0.3 is 0 Å². The number of para-hydroxylation sites is 1. The molecule has 0 bridgehead atoms. The Balaban J connectivity index is 1.41. The molecule has 2 heterocycles. The summed E-state index contributed by atoms with van der Waals surface area (Å²) >= 11 is 0. The first-order chi connectivity index (χ1) is 20.2. The van der Waals surface area contributed by atoms with Crippen LogP contribution in [-0.2, 0) is 0 Å². The molecule has 0 radical (unpaired) electrons. The molecule has 0 amide bonds. The number of benzene rings is 5. The molecule has 41 heavy (non-hydrogen) atoms. The van der Waals surface area contributed by atoms with E-state index in [4.69, 9.17) is 24.9 Å². The fourth-order valence-electron chi connectivity index (χ4n) is 4.79. The first-order valence-corrected chi connectivity index (χ1v) is 13.2. The number of halogens is 1. The molecule has 0 aliphatic heterocycles. The minimum Gasteiger partial charge on any atom is -0.228 e. The van der Waals surface area contributed by atoms with Gasteiger partial charge in [-0.15, -0.1) is 0 Å². The second-order valence-corrected chi connectivity index (χ2v) is 9.51. The van der Waals surface area contributed by atoms with Crippen LogP contribution in [0.4, 0.5) is 4.39 Å². The van der Waals surface area contributed by atoms with Crippen LogP contribution in [-0.4, -0.2) is 24.9 Å². The summed E-state index contributed by atoms with van der Waals surface area (Å²) in [5, 5.41) is 0.947. The van der Waals surface area contributed by atoms with E-state index in [0.29, 0.717) is 23.0 Å². The summed E-state index contributed by atoms with van der Waals surface area (Å²) in [5.74, 6) is 1.22. The molecule has 6 heteroatoms. The van der Waals surface area contributed by atoms with Gasteiger partial charge in [0.05, 0.1) is 16.8 Å². The molecule has 0 atom stereocenters. The highest BCUT2D eigenvalue weighted by molar-refractivity contribution is 5.93. The third-order valence-electron chi connectivity index (χ3n) is 6.82. The van der Waals surface area contributed by atoms with Gasteiger partial charge in [0.1, 0.15) is 5.82 Å². The van der Waals surface area contributed by atoms with Crippen LogP contribution in [0, 0.1) is 5.82 Å². The average molecular weight is 532 g/mol. The molecule has 0 unspecified atom stereocenters. The van der Waals surface area contributed by atoms with E-state index in [2.05, 4.69) is 0 Å². The van der Waals surface area contributed by atoms with Crippen LogP contribution >= 0.6 is 0 Å². The largest absolute Gasteiger partial charge is 0.228 e. The fraction of sp³-hybridized carbons (Fsp3) is 0. The fourth-order valence-corrected chi connectivity index (χ4v) is 4.79. The molecule has 0 N–H and O–H groups in total. The van der Waals surface area contributed by atoms with Crippen molar-refractivity contribution in [2.75, 3.05) is 0 Å². The number of nitrogens with zero attached hydrogens (tertiary/aromatic N) is 5. The quantitative estimate of drug-likeness (QED) is 0.224. The molecule has 7 rings (SSSR count). The zero-order valence-electron chi connectivity index (χ0n) is 21.8. The van der Waals surface area contributed by atoms with Gasteiger partial charge < -0.3 is 0 Å². The lowest BCUT2D eigenvalue weighted by Crippen LogP contribution is -2.02. The molecule has 5 aromatic carbocycles. The lowest BCUT2D eigenvalue weighted by molar-refractivity contribution is 0.630. The zero-order chi connectivity index (χ0) is 27.6. The Kier molecular flexibility index (Phi) is 6.26. The van der Waals surface area contributed by atoms with E-state index in [0.717, 1.165) is 33.3 Å². The molecule has 194 valence electrons. The summed E-state index contributed by atoms with van der Waals surface area (Å²) in [6.45, 7) is 0. The lowest BCUT2D eigenvalue weighted by atomic mass is 10.0. The van der Waals surface area contributed by atoms with Crippen LogP contribution in [0.15, 0.2) is 133 Å². The summed E-state index contributed by atoms with van der Waals surface area (Å²) in [6.07, 6.45) is 0. The molecule has 2 aromatic heterocycles. The Hall–Kier alpha value is -5.62. The van der Waals surface area contributed by atoms with Crippen molar-refractivity contribution in [3.05, 3.63) is 139 Å². The van der Waals surface area contributed by atoms with E-state index in [1.54, 1.807) is 12.1 Å². The van der Waals surface area contributed by atoms with Crippen molar-refractivity contribution in [1.82, 2.24) is 24.9 Å². The van der Waals surface area contributed by atoms with Crippen molar-refractivity contribution in [2.45, 2.75) is 0 Å². The molecule has 0 spiro atoms. The van der Waals surface area contributed by atoms with Crippen molar-refractivity contribution >= 4 is 10.9 Å². The highest BCUT2D eigenvalue weighted by atomic mass is 19.1. The lowest BCUT2D eigenvalue weighted by Gasteiger charge is -2.12. The van der Waals surface area contributed by atoms with E-state index < -0.39 is 5.82 Å². The SMILES string of the molecule is Fc1ccc(-c2nc(-c3ccccc3)c3ccccc3n2)cc1-c1nc(-c2ccccc2)nc(-c2ccccc2)n1. The molecular formula is C35H22FN5. The second kappa shape index (κ2) is 10.5. The van der Waals surface area contributed by atoms with Crippen molar-refractivity contribution in [3.8, 4) is 56.8 Å². The number of hydrogen-bond donors (Lipinski definition) is 0. The van der Waals surface area contributed by atoms with E-state index in [1.165, 1.54) is 6.07 Å². The summed E-state index contributed by atoms with van der Waals surface area (Å²) < 4.78 is 15.5. The van der Waals surface area contributed by atoms with Crippen molar-refractivity contribution < 1.29 is 4.39 Å². The summed E-state index contributed by atoms with van der Waals surface area (Å²) in [6, 6.07) is 42.0. The molecule has 0 aliphatic rings. The average Bonchev–Trinajstić information content (AvgIpc) is 3.05. The maximum atomic E-state index is 15.5. The van der Waals surface area contributed by atoms with Gasteiger partial charge in [-0.1, -0.05) is 109 Å². The Morgan fingerprint density at radius 2 is 0.902 bits per heavy atom. The highest BCUT2D eigenvalue weighted by Gasteiger charge is 2.18. The van der Waals surface area contributed by atoms with Crippen LogP contribution < -0.4 is 0 Å². The van der Waals surface area contributed by atoms with Gasteiger partial charge in [0.2, 0.25) is 0 Å². The summed E-state index contributed by atoms with van der Waals surface area (Å²) in [5.41, 5.74) is 5.14. The predicted octanol–water partition coefficient (Wildman–Crippen LogP) is 8.29. The minimum absolute atomic E-state index is 0.237. The second-order valence-electron chi connectivity index (χ2n) is 9.51. The third-order valence-corrected chi connectivity index (χ3v) is 6.82. The Labute approximate surface area is 236 Å². The standard InChI is InChI=1S/C35H22FN5/c36-29-21-20-26(34-37-30-19-11-10-18-27(30)31(38-34)23-12-4-1-5-13-23)22-28(29)35-40-32(24-14-6-2-7-15-24)39-33(41-35)25-16-8-3-9-17-25/h1-22H. The van der Waals surface area contributed by atoms with Crippen molar-refractivity contribution in [2.24, 2.45) is 0 Å².